The van der Waals surface area contributed by atoms with Crippen molar-refractivity contribution in [1.82, 2.24) is 9.97 Å². The molecule has 1 rings (SSSR count). The molecule has 0 radical (unpaired) electrons. The van der Waals surface area contributed by atoms with Gasteiger partial charge in [-0.3, -0.25) is 4.79 Å². The molecule has 76 valence electrons. The molecule has 1 aromatic heterocycles. The van der Waals surface area contributed by atoms with Crippen LogP contribution in [0.5, 0.6) is 5.88 Å². The number of carbonyl (C=O) groups excluding carboxylic acids is 1. The smallest absolute Gasteiger partial charge is 0.243 e. The van der Waals surface area contributed by atoms with Crippen LogP contribution >= 0.6 is 0 Å². The van der Waals surface area contributed by atoms with E-state index in [0.29, 0.717) is 23.9 Å². The molecule has 0 amide bonds. The molecule has 1 heterocycles. The van der Waals surface area contributed by atoms with Crippen molar-refractivity contribution in [3.8, 4) is 5.88 Å². The Kier molecular flexibility index (Phi) is 3.56. The second-order valence-electron chi connectivity index (χ2n) is 3.44. The van der Waals surface area contributed by atoms with Crippen LogP contribution in [0.15, 0.2) is 12.4 Å². The summed E-state index contributed by atoms with van der Waals surface area (Å²) >= 11 is 0. The molecular formula is C10H14N2O2. The number of methoxy groups -OCH3 is 1. The second-order valence-corrected chi connectivity index (χ2v) is 3.44. The summed E-state index contributed by atoms with van der Waals surface area (Å²) in [5, 5.41) is 0. The second kappa shape index (κ2) is 4.69. The monoisotopic (exact) mass is 194 g/mol. The molecule has 0 bridgehead atoms. The van der Waals surface area contributed by atoms with Crippen LogP contribution in [0, 0.1) is 5.92 Å². The summed E-state index contributed by atoms with van der Waals surface area (Å²) in [6.45, 7) is 3.97. The van der Waals surface area contributed by atoms with Gasteiger partial charge in [0.15, 0.2) is 11.5 Å². The molecule has 0 N–H and O–H groups in total. The van der Waals surface area contributed by atoms with Gasteiger partial charge in [0.25, 0.3) is 0 Å². The highest BCUT2D eigenvalue weighted by atomic mass is 16.5. The van der Waals surface area contributed by atoms with Gasteiger partial charge in [-0.05, 0) is 5.92 Å². The van der Waals surface area contributed by atoms with E-state index in [2.05, 4.69) is 9.97 Å². The van der Waals surface area contributed by atoms with Crippen molar-refractivity contribution in [3.63, 3.8) is 0 Å². The molecule has 0 aliphatic carbocycles. The Labute approximate surface area is 83.3 Å². The zero-order valence-corrected chi connectivity index (χ0v) is 8.65. The predicted octanol–water partition coefficient (Wildman–Crippen LogP) is 1.71. The molecule has 0 aromatic carbocycles. The molecule has 0 saturated heterocycles. The maximum absolute atomic E-state index is 11.7. The fraction of sp³-hybridized carbons (Fsp3) is 0.500. The number of hydrogen-bond acceptors (Lipinski definition) is 4. The molecule has 0 atom stereocenters. The van der Waals surface area contributed by atoms with Crippen LogP contribution in [-0.2, 0) is 0 Å². The largest absolute Gasteiger partial charge is 0.479 e. The van der Waals surface area contributed by atoms with E-state index in [0.717, 1.165) is 0 Å². The summed E-state index contributed by atoms with van der Waals surface area (Å²) < 4.78 is 4.95. The van der Waals surface area contributed by atoms with Crippen LogP contribution in [-0.4, -0.2) is 22.9 Å². The van der Waals surface area contributed by atoms with Crippen molar-refractivity contribution in [2.24, 2.45) is 5.92 Å². The first-order valence-electron chi connectivity index (χ1n) is 4.53. The van der Waals surface area contributed by atoms with Crippen molar-refractivity contribution in [2.75, 3.05) is 7.11 Å². The first-order chi connectivity index (χ1) is 6.65. The van der Waals surface area contributed by atoms with E-state index in [9.17, 15) is 4.79 Å². The number of Topliss-reactive ketones (excluding diaryl/α,β-unsaturated/α-hetero) is 1. The van der Waals surface area contributed by atoms with Gasteiger partial charge in [-0.1, -0.05) is 13.8 Å². The Hall–Kier alpha value is -1.45. The van der Waals surface area contributed by atoms with Gasteiger partial charge >= 0.3 is 0 Å². The van der Waals surface area contributed by atoms with E-state index in [1.165, 1.54) is 19.5 Å². The fourth-order valence-corrected chi connectivity index (χ4v) is 1.13. The topological polar surface area (TPSA) is 52.1 Å². The Morgan fingerprint density at radius 1 is 1.43 bits per heavy atom. The van der Waals surface area contributed by atoms with Gasteiger partial charge in [-0.25, -0.2) is 9.97 Å². The molecule has 0 spiro atoms. The summed E-state index contributed by atoms with van der Waals surface area (Å²) in [7, 11) is 1.48. The lowest BCUT2D eigenvalue weighted by atomic mass is 10.1. The van der Waals surface area contributed by atoms with Crippen LogP contribution in [0.3, 0.4) is 0 Å². The molecule has 0 unspecified atom stereocenters. The number of ketones is 1. The molecule has 0 saturated carbocycles. The SMILES string of the molecule is COc1nccnc1C(=O)CC(C)C. The lowest BCUT2D eigenvalue weighted by Gasteiger charge is -2.06. The van der Waals surface area contributed by atoms with Crippen LogP contribution < -0.4 is 4.74 Å². The lowest BCUT2D eigenvalue weighted by Crippen LogP contribution is -2.08. The Morgan fingerprint density at radius 3 is 2.64 bits per heavy atom. The highest BCUT2D eigenvalue weighted by Gasteiger charge is 2.15. The minimum Gasteiger partial charge on any atom is -0.479 e. The zero-order chi connectivity index (χ0) is 10.6. The summed E-state index contributed by atoms with van der Waals surface area (Å²) in [5.74, 6) is 0.595. The highest BCUT2D eigenvalue weighted by Crippen LogP contribution is 2.15. The van der Waals surface area contributed by atoms with Crippen LogP contribution in [0.25, 0.3) is 0 Å². The van der Waals surface area contributed by atoms with Crippen LogP contribution in [0.1, 0.15) is 30.8 Å². The summed E-state index contributed by atoms with van der Waals surface area (Å²) in [6.07, 6.45) is 3.47. The number of aromatic nitrogens is 2. The Balaban J connectivity index is 2.88. The average molecular weight is 194 g/mol. The van der Waals surface area contributed by atoms with Crippen molar-refractivity contribution < 1.29 is 9.53 Å². The van der Waals surface area contributed by atoms with E-state index in [1.807, 2.05) is 13.8 Å². The number of hydrogen-bond donors (Lipinski definition) is 0. The van der Waals surface area contributed by atoms with E-state index in [4.69, 9.17) is 4.74 Å². The van der Waals surface area contributed by atoms with Crippen LogP contribution in [0.4, 0.5) is 0 Å². The quantitative estimate of drug-likeness (QED) is 0.685. The lowest BCUT2D eigenvalue weighted by molar-refractivity contribution is 0.0959. The van der Waals surface area contributed by atoms with E-state index in [1.54, 1.807) is 0 Å². The number of rotatable bonds is 4. The minimum absolute atomic E-state index is 0.0232. The maximum Gasteiger partial charge on any atom is 0.243 e. The van der Waals surface area contributed by atoms with Gasteiger partial charge in [-0.15, -0.1) is 0 Å². The Bertz CT molecular complexity index is 324. The zero-order valence-electron chi connectivity index (χ0n) is 8.65. The minimum atomic E-state index is -0.0232. The third-order valence-corrected chi connectivity index (χ3v) is 1.72. The molecular weight excluding hydrogens is 180 g/mol. The molecule has 0 aliphatic heterocycles. The highest BCUT2D eigenvalue weighted by molar-refractivity contribution is 5.96. The third-order valence-electron chi connectivity index (χ3n) is 1.72. The normalized spacial score (nSPS) is 10.3. The molecule has 4 heteroatoms. The molecule has 0 aliphatic rings. The number of nitrogens with zero attached hydrogens (tertiary/aromatic N) is 2. The predicted molar refractivity (Wildman–Crippen MR) is 52.4 cm³/mol. The molecule has 4 nitrogen and oxygen atoms in total. The van der Waals surface area contributed by atoms with Gasteiger partial charge in [0.1, 0.15) is 0 Å². The van der Waals surface area contributed by atoms with Crippen molar-refractivity contribution in [2.45, 2.75) is 20.3 Å². The van der Waals surface area contributed by atoms with Crippen molar-refractivity contribution in [1.29, 1.82) is 0 Å². The number of ether oxygens (including phenoxy) is 1. The first-order valence-corrected chi connectivity index (χ1v) is 4.53. The van der Waals surface area contributed by atoms with Crippen molar-refractivity contribution in [3.05, 3.63) is 18.1 Å². The third kappa shape index (κ3) is 2.52. The first kappa shape index (κ1) is 10.6. The standard InChI is InChI=1S/C10H14N2O2/c1-7(2)6-8(13)9-10(14-3)12-5-4-11-9/h4-5,7H,6H2,1-3H3. The fourth-order valence-electron chi connectivity index (χ4n) is 1.13. The van der Waals surface area contributed by atoms with Gasteiger partial charge in [0.2, 0.25) is 5.88 Å². The molecule has 0 fully saturated rings. The van der Waals surface area contributed by atoms with Gasteiger partial charge < -0.3 is 4.74 Å². The average Bonchev–Trinajstić information content (AvgIpc) is 2.16. The van der Waals surface area contributed by atoms with Gasteiger partial charge in [0, 0.05) is 18.8 Å². The van der Waals surface area contributed by atoms with Crippen LogP contribution in [0.2, 0.25) is 0 Å². The van der Waals surface area contributed by atoms with E-state index >= 15 is 0 Å². The summed E-state index contributed by atoms with van der Waals surface area (Å²) in [4.78, 5) is 19.5. The maximum atomic E-state index is 11.7. The Morgan fingerprint density at radius 2 is 2.07 bits per heavy atom. The van der Waals surface area contributed by atoms with E-state index < -0.39 is 0 Å². The van der Waals surface area contributed by atoms with E-state index in [-0.39, 0.29) is 5.78 Å². The summed E-state index contributed by atoms with van der Waals surface area (Å²) in [6, 6.07) is 0. The molecule has 1 aromatic rings. The number of carbonyl (C=O) groups is 1. The summed E-state index contributed by atoms with van der Waals surface area (Å²) in [5.41, 5.74) is 0.323. The van der Waals surface area contributed by atoms with Crippen molar-refractivity contribution >= 4 is 5.78 Å². The molecule has 14 heavy (non-hydrogen) atoms. The van der Waals surface area contributed by atoms with Gasteiger partial charge in [0.05, 0.1) is 7.11 Å². The van der Waals surface area contributed by atoms with Gasteiger partial charge in [-0.2, -0.15) is 0 Å².